The summed E-state index contributed by atoms with van der Waals surface area (Å²) in [5, 5.41) is 3.15. The molecule has 2 N–H and O–H groups in total. The fourth-order valence-electron chi connectivity index (χ4n) is 2.68. The number of esters is 1. The van der Waals surface area contributed by atoms with Crippen LogP contribution in [0.4, 0.5) is 5.69 Å². The molecule has 0 spiro atoms. The number of hydrogen-bond acceptors (Lipinski definition) is 5. The minimum absolute atomic E-state index is 0.142. The summed E-state index contributed by atoms with van der Waals surface area (Å²) in [7, 11) is 2.90. The number of rotatable bonds is 6. The van der Waals surface area contributed by atoms with Crippen LogP contribution in [0.2, 0.25) is 0 Å². The topological polar surface area (TPSA) is 80.4 Å². The maximum absolute atomic E-state index is 12.8. The summed E-state index contributed by atoms with van der Waals surface area (Å²) in [5.41, 5.74) is 2.76. The molecule has 0 aliphatic heterocycles. The number of nitrogens with one attached hydrogen (secondary N) is 2. The van der Waals surface area contributed by atoms with Crippen LogP contribution in [0.3, 0.4) is 0 Å². The van der Waals surface area contributed by atoms with E-state index in [1.165, 1.54) is 7.11 Å². The minimum atomic E-state index is -0.497. The van der Waals surface area contributed by atoms with Gasteiger partial charge in [-0.15, -0.1) is 0 Å². The van der Waals surface area contributed by atoms with Gasteiger partial charge in [-0.3, -0.25) is 4.79 Å². The van der Waals surface area contributed by atoms with Crippen molar-refractivity contribution in [2.45, 2.75) is 26.8 Å². The lowest BCUT2D eigenvalue weighted by molar-refractivity contribution is 0.0599. The second kappa shape index (κ2) is 7.21. The summed E-state index contributed by atoms with van der Waals surface area (Å²) in [5.74, 6) is 0.0640. The number of para-hydroxylation sites is 2. The van der Waals surface area contributed by atoms with E-state index in [-0.39, 0.29) is 5.78 Å². The number of aromatic amines is 1. The quantitative estimate of drug-likeness (QED) is 0.628. The lowest BCUT2D eigenvalue weighted by atomic mass is 10.0. The van der Waals surface area contributed by atoms with Gasteiger partial charge in [0.1, 0.15) is 5.75 Å². The maximum Gasteiger partial charge on any atom is 0.339 e. The fourth-order valence-corrected chi connectivity index (χ4v) is 2.68. The van der Waals surface area contributed by atoms with Gasteiger partial charge >= 0.3 is 5.97 Å². The van der Waals surface area contributed by atoms with Gasteiger partial charge in [-0.25, -0.2) is 4.79 Å². The van der Waals surface area contributed by atoms with Crippen molar-refractivity contribution in [2.75, 3.05) is 19.5 Å². The molecule has 0 radical (unpaired) electrons. The number of ether oxygens (including phenoxy) is 2. The number of ketones is 1. The van der Waals surface area contributed by atoms with Crippen molar-refractivity contribution in [3.63, 3.8) is 0 Å². The average molecular weight is 330 g/mol. The van der Waals surface area contributed by atoms with E-state index in [1.54, 1.807) is 27.9 Å². The largest absolute Gasteiger partial charge is 0.495 e. The predicted octanol–water partition coefficient (Wildman–Crippen LogP) is 3.11. The van der Waals surface area contributed by atoms with Crippen LogP contribution in [0.5, 0.6) is 5.75 Å². The van der Waals surface area contributed by atoms with E-state index in [0.29, 0.717) is 28.3 Å². The highest BCUT2D eigenvalue weighted by Crippen LogP contribution is 2.25. The first-order valence-electron chi connectivity index (χ1n) is 7.62. The number of aromatic nitrogens is 1. The zero-order valence-electron chi connectivity index (χ0n) is 14.5. The Bertz CT molecular complexity index is 764. The van der Waals surface area contributed by atoms with Crippen LogP contribution in [0.1, 0.15) is 39.0 Å². The summed E-state index contributed by atoms with van der Waals surface area (Å²) >= 11 is 0. The second-order valence-electron chi connectivity index (χ2n) is 5.55. The smallest absolute Gasteiger partial charge is 0.339 e. The van der Waals surface area contributed by atoms with E-state index in [0.717, 1.165) is 5.69 Å². The number of H-pyrrole nitrogens is 1. The number of benzene rings is 1. The Kier molecular flexibility index (Phi) is 5.28. The SMILES string of the molecule is COC(=O)c1c(C)[nH]c(C(=O)[C@H](C)Nc2ccccc2OC)c1C. The summed E-state index contributed by atoms with van der Waals surface area (Å²) in [6, 6.07) is 6.89. The average Bonchev–Trinajstić information content (AvgIpc) is 2.88. The highest BCUT2D eigenvalue weighted by atomic mass is 16.5. The van der Waals surface area contributed by atoms with Crippen LogP contribution in [-0.2, 0) is 4.74 Å². The Hall–Kier alpha value is -2.76. The zero-order chi connectivity index (χ0) is 17.9. The molecule has 0 amide bonds. The summed E-state index contributed by atoms with van der Waals surface area (Å²) < 4.78 is 10.1. The van der Waals surface area contributed by atoms with Crippen molar-refractivity contribution in [1.29, 1.82) is 0 Å². The highest BCUT2D eigenvalue weighted by Gasteiger charge is 2.25. The third-order valence-corrected chi connectivity index (χ3v) is 3.95. The molecule has 1 atom stereocenters. The number of Topliss-reactive ketones (excluding diaryl/α,β-unsaturated/α-hetero) is 1. The Morgan fingerprint density at radius 2 is 1.83 bits per heavy atom. The van der Waals surface area contributed by atoms with E-state index in [2.05, 4.69) is 10.3 Å². The lowest BCUT2D eigenvalue weighted by Crippen LogP contribution is -2.27. The Balaban J connectivity index is 2.27. The molecule has 6 heteroatoms. The molecule has 0 aliphatic carbocycles. The number of hydrogen-bond donors (Lipinski definition) is 2. The fraction of sp³-hybridized carbons (Fsp3) is 0.333. The number of aryl methyl sites for hydroxylation is 1. The van der Waals surface area contributed by atoms with E-state index in [9.17, 15) is 9.59 Å². The molecule has 0 bridgehead atoms. The van der Waals surface area contributed by atoms with E-state index < -0.39 is 12.0 Å². The molecule has 6 nitrogen and oxygen atoms in total. The summed E-state index contributed by atoms with van der Waals surface area (Å²) in [6.45, 7) is 5.25. The molecular formula is C18H22N2O4. The number of anilines is 1. The van der Waals surface area contributed by atoms with Crippen LogP contribution >= 0.6 is 0 Å². The second-order valence-corrected chi connectivity index (χ2v) is 5.55. The minimum Gasteiger partial charge on any atom is -0.495 e. The first-order valence-corrected chi connectivity index (χ1v) is 7.62. The van der Waals surface area contributed by atoms with Gasteiger partial charge in [0.05, 0.1) is 37.2 Å². The van der Waals surface area contributed by atoms with Crippen molar-refractivity contribution in [2.24, 2.45) is 0 Å². The van der Waals surface area contributed by atoms with Crippen molar-refractivity contribution in [1.82, 2.24) is 4.98 Å². The molecule has 24 heavy (non-hydrogen) atoms. The van der Waals surface area contributed by atoms with Crippen LogP contribution < -0.4 is 10.1 Å². The first-order chi connectivity index (χ1) is 11.4. The van der Waals surface area contributed by atoms with Crippen LogP contribution in [0.25, 0.3) is 0 Å². The molecule has 0 saturated carbocycles. The number of carbonyl (C=O) groups is 2. The van der Waals surface area contributed by atoms with Gasteiger partial charge in [0.25, 0.3) is 0 Å². The van der Waals surface area contributed by atoms with Crippen molar-refractivity contribution >= 4 is 17.4 Å². The normalized spacial score (nSPS) is 11.7. The Morgan fingerprint density at radius 1 is 1.17 bits per heavy atom. The molecule has 1 aromatic heterocycles. The standard InChI is InChI=1S/C18H22N2O4/c1-10-15(18(22)24-5)11(2)20-16(10)17(21)12(3)19-13-8-6-7-9-14(13)23-4/h6-9,12,19-20H,1-5H3/t12-/m0/s1. The number of carbonyl (C=O) groups excluding carboxylic acids is 2. The van der Waals surface area contributed by atoms with Crippen LogP contribution in [0.15, 0.2) is 24.3 Å². The van der Waals surface area contributed by atoms with Gasteiger partial charge in [0, 0.05) is 5.69 Å². The van der Waals surface area contributed by atoms with E-state index in [4.69, 9.17) is 9.47 Å². The van der Waals surface area contributed by atoms with Gasteiger partial charge in [-0.1, -0.05) is 12.1 Å². The molecule has 0 aliphatic rings. The van der Waals surface area contributed by atoms with E-state index >= 15 is 0 Å². The zero-order valence-corrected chi connectivity index (χ0v) is 14.5. The van der Waals surface area contributed by atoms with Crippen LogP contribution in [-0.4, -0.2) is 37.0 Å². The molecule has 0 unspecified atom stereocenters. The van der Waals surface area contributed by atoms with E-state index in [1.807, 2.05) is 24.3 Å². The molecule has 1 aromatic carbocycles. The van der Waals surface area contributed by atoms with Crippen molar-refractivity contribution in [3.8, 4) is 5.75 Å². The molecule has 0 saturated heterocycles. The lowest BCUT2D eigenvalue weighted by Gasteiger charge is -2.16. The monoisotopic (exact) mass is 330 g/mol. The van der Waals surface area contributed by atoms with Crippen molar-refractivity contribution < 1.29 is 19.1 Å². The van der Waals surface area contributed by atoms with Gasteiger partial charge < -0.3 is 19.8 Å². The Morgan fingerprint density at radius 3 is 2.46 bits per heavy atom. The molecule has 2 aromatic rings. The molecule has 1 heterocycles. The van der Waals surface area contributed by atoms with Gasteiger partial charge in [0.15, 0.2) is 0 Å². The van der Waals surface area contributed by atoms with Gasteiger partial charge in [-0.2, -0.15) is 0 Å². The van der Waals surface area contributed by atoms with Crippen LogP contribution in [0, 0.1) is 13.8 Å². The summed E-state index contributed by atoms with van der Waals surface area (Å²) in [6.07, 6.45) is 0. The first kappa shape index (κ1) is 17.6. The summed E-state index contributed by atoms with van der Waals surface area (Å²) in [4.78, 5) is 27.6. The number of methoxy groups -OCH3 is 2. The third kappa shape index (κ3) is 3.27. The Labute approximate surface area is 141 Å². The van der Waals surface area contributed by atoms with Gasteiger partial charge in [-0.05, 0) is 38.5 Å². The third-order valence-electron chi connectivity index (χ3n) is 3.95. The highest BCUT2D eigenvalue weighted by molar-refractivity contribution is 6.04. The molecule has 128 valence electrons. The van der Waals surface area contributed by atoms with Gasteiger partial charge in [0.2, 0.25) is 5.78 Å². The maximum atomic E-state index is 12.8. The van der Waals surface area contributed by atoms with Crippen molar-refractivity contribution in [3.05, 3.63) is 46.8 Å². The predicted molar refractivity (Wildman–Crippen MR) is 92.0 cm³/mol. The molecular weight excluding hydrogens is 308 g/mol. The molecule has 0 fully saturated rings. The molecule has 2 rings (SSSR count).